The van der Waals surface area contributed by atoms with Gasteiger partial charge in [-0.2, -0.15) is 5.10 Å². The second-order valence-corrected chi connectivity index (χ2v) is 4.30. The maximum atomic E-state index is 13.5. The molecule has 2 rings (SSSR count). The van der Waals surface area contributed by atoms with Crippen molar-refractivity contribution in [2.45, 2.75) is 0 Å². The molecule has 0 aliphatic rings. The van der Waals surface area contributed by atoms with Gasteiger partial charge in [0, 0.05) is 0 Å². The molecule has 0 spiro atoms. The third kappa shape index (κ3) is 4.63. The number of carbonyl (C=O) groups excluding carboxylic acids is 2. The molecule has 118 valence electrons. The van der Waals surface area contributed by atoms with Crippen molar-refractivity contribution in [3.63, 3.8) is 0 Å². The van der Waals surface area contributed by atoms with E-state index in [2.05, 4.69) is 15.3 Å². The topological polar surface area (TPSA) is 77.0 Å². The zero-order chi connectivity index (χ0) is 16.7. The second-order valence-electron chi connectivity index (χ2n) is 4.30. The summed E-state index contributed by atoms with van der Waals surface area (Å²) in [4.78, 5) is 22.8. The molecule has 7 heteroatoms. The van der Waals surface area contributed by atoms with Gasteiger partial charge in [-0.25, -0.2) is 19.4 Å². The van der Waals surface area contributed by atoms with Gasteiger partial charge in [-0.15, -0.1) is 0 Å². The van der Waals surface area contributed by atoms with Gasteiger partial charge in [0.05, 0.1) is 18.9 Å². The number of nitrogens with zero attached hydrogens (tertiary/aromatic N) is 1. The molecule has 0 aliphatic carbocycles. The minimum atomic E-state index is -0.801. The molecule has 6 nitrogen and oxygen atoms in total. The lowest BCUT2D eigenvalue weighted by molar-refractivity contribution is 0.0730. The van der Waals surface area contributed by atoms with Crippen molar-refractivity contribution in [2.24, 2.45) is 5.10 Å². The summed E-state index contributed by atoms with van der Waals surface area (Å²) < 4.78 is 23.0. The van der Waals surface area contributed by atoms with Gasteiger partial charge in [-0.05, 0) is 29.8 Å². The summed E-state index contributed by atoms with van der Waals surface area (Å²) in [6.07, 6.45) is 0.639. The number of hydrogen-bond acceptors (Lipinski definition) is 5. The first kappa shape index (κ1) is 16.2. The van der Waals surface area contributed by atoms with Crippen LogP contribution in [0.15, 0.2) is 53.6 Å². The minimum Gasteiger partial charge on any atom is -0.452 e. The van der Waals surface area contributed by atoms with E-state index in [1.165, 1.54) is 37.6 Å². The predicted octanol–water partition coefficient (Wildman–Crippen LogP) is 2.73. The van der Waals surface area contributed by atoms with Crippen LogP contribution in [-0.4, -0.2) is 25.4 Å². The van der Waals surface area contributed by atoms with E-state index in [4.69, 9.17) is 4.74 Å². The third-order valence-corrected chi connectivity index (χ3v) is 2.72. The first-order valence-electron chi connectivity index (χ1n) is 6.54. The number of hydrazone groups is 1. The van der Waals surface area contributed by atoms with Gasteiger partial charge in [0.1, 0.15) is 11.6 Å². The molecule has 0 bridgehead atoms. The zero-order valence-electron chi connectivity index (χ0n) is 12.2. The van der Waals surface area contributed by atoms with Crippen LogP contribution in [0.3, 0.4) is 0 Å². The first-order chi connectivity index (χ1) is 11.1. The van der Waals surface area contributed by atoms with Crippen LogP contribution in [0, 0.1) is 5.82 Å². The fraction of sp³-hybridized carbons (Fsp3) is 0.0625. The van der Waals surface area contributed by atoms with Crippen LogP contribution in [0.2, 0.25) is 0 Å². The molecule has 0 aliphatic heterocycles. The van der Waals surface area contributed by atoms with E-state index in [1.807, 2.05) is 0 Å². The van der Waals surface area contributed by atoms with Gasteiger partial charge in [-0.3, -0.25) is 0 Å². The average molecular weight is 316 g/mol. The largest absolute Gasteiger partial charge is 0.452 e. The third-order valence-electron chi connectivity index (χ3n) is 2.72. The number of ether oxygens (including phenoxy) is 2. The van der Waals surface area contributed by atoms with Crippen LogP contribution in [0.5, 0.6) is 5.75 Å². The summed E-state index contributed by atoms with van der Waals surface area (Å²) in [6.45, 7) is 0. The number of methoxy groups -OCH3 is 1. The van der Waals surface area contributed by atoms with Crippen LogP contribution in [0.4, 0.5) is 9.18 Å². The number of benzene rings is 2. The molecular formula is C16H13FN2O4. The van der Waals surface area contributed by atoms with E-state index in [9.17, 15) is 14.0 Å². The highest BCUT2D eigenvalue weighted by atomic mass is 19.1. The van der Waals surface area contributed by atoms with Crippen LogP contribution >= 0.6 is 0 Å². The molecule has 0 atom stereocenters. The van der Waals surface area contributed by atoms with Gasteiger partial charge in [0.2, 0.25) is 0 Å². The van der Waals surface area contributed by atoms with E-state index in [0.29, 0.717) is 5.56 Å². The van der Waals surface area contributed by atoms with Crippen LogP contribution < -0.4 is 10.2 Å². The van der Waals surface area contributed by atoms with Gasteiger partial charge in [0.25, 0.3) is 0 Å². The van der Waals surface area contributed by atoms with Crippen LogP contribution in [0.25, 0.3) is 0 Å². The number of halogens is 1. The molecule has 0 radical (unpaired) electrons. The minimum absolute atomic E-state index is 0.154. The quantitative estimate of drug-likeness (QED) is 0.407. The number of amides is 1. The van der Waals surface area contributed by atoms with Gasteiger partial charge < -0.3 is 9.47 Å². The standard InChI is InChI=1S/C16H13FN2O4/c1-22-16(21)19-18-10-11-5-4-6-12(9-11)23-15(20)13-7-2-3-8-14(13)17/h2-10H,1H3,(H,19,21)/b18-10-. The Bertz CT molecular complexity index is 746. The lowest BCUT2D eigenvalue weighted by atomic mass is 10.2. The Labute approximate surface area is 131 Å². The Morgan fingerprint density at radius 3 is 2.70 bits per heavy atom. The molecule has 0 saturated carbocycles. The normalized spacial score (nSPS) is 10.3. The Morgan fingerprint density at radius 1 is 1.17 bits per heavy atom. The summed E-state index contributed by atoms with van der Waals surface area (Å²) in [5.74, 6) is -1.23. The highest BCUT2D eigenvalue weighted by Crippen LogP contribution is 2.15. The second kappa shape index (κ2) is 7.69. The van der Waals surface area contributed by atoms with Crippen molar-refractivity contribution in [3.8, 4) is 5.75 Å². The SMILES string of the molecule is COC(=O)N/N=C\c1cccc(OC(=O)c2ccccc2F)c1. The van der Waals surface area contributed by atoms with Crippen molar-refractivity contribution in [1.29, 1.82) is 0 Å². The number of rotatable bonds is 4. The molecule has 0 heterocycles. The summed E-state index contributed by atoms with van der Waals surface area (Å²) in [5.41, 5.74) is 2.54. The lowest BCUT2D eigenvalue weighted by Crippen LogP contribution is -2.16. The van der Waals surface area contributed by atoms with E-state index in [0.717, 1.165) is 0 Å². The van der Waals surface area contributed by atoms with Crippen LogP contribution in [0.1, 0.15) is 15.9 Å². The number of carbonyl (C=O) groups is 2. The van der Waals surface area contributed by atoms with E-state index in [-0.39, 0.29) is 11.3 Å². The predicted molar refractivity (Wildman–Crippen MR) is 80.9 cm³/mol. The molecule has 0 fully saturated rings. The lowest BCUT2D eigenvalue weighted by Gasteiger charge is -2.05. The zero-order valence-corrected chi connectivity index (χ0v) is 12.2. The highest BCUT2D eigenvalue weighted by Gasteiger charge is 2.13. The number of nitrogens with one attached hydrogen (secondary N) is 1. The average Bonchev–Trinajstić information content (AvgIpc) is 2.55. The Hall–Kier alpha value is -3.22. The van der Waals surface area contributed by atoms with Crippen molar-refractivity contribution in [1.82, 2.24) is 5.43 Å². The summed E-state index contributed by atoms with van der Waals surface area (Å²) >= 11 is 0. The number of hydrogen-bond donors (Lipinski definition) is 1. The van der Waals surface area contributed by atoms with Gasteiger partial charge in [-0.1, -0.05) is 24.3 Å². The molecule has 23 heavy (non-hydrogen) atoms. The fourth-order valence-electron chi connectivity index (χ4n) is 1.65. The smallest absolute Gasteiger partial charge is 0.427 e. The van der Waals surface area contributed by atoms with Crippen molar-refractivity contribution in [2.75, 3.05) is 7.11 Å². The van der Waals surface area contributed by atoms with Crippen LogP contribution in [-0.2, 0) is 4.74 Å². The van der Waals surface area contributed by atoms with E-state index < -0.39 is 17.9 Å². The monoisotopic (exact) mass is 316 g/mol. The molecule has 1 amide bonds. The van der Waals surface area contributed by atoms with Crippen molar-refractivity contribution < 1.29 is 23.5 Å². The summed E-state index contributed by atoms with van der Waals surface area (Å²) in [7, 11) is 1.22. The Morgan fingerprint density at radius 2 is 1.96 bits per heavy atom. The summed E-state index contributed by atoms with van der Waals surface area (Å²) in [5, 5.41) is 3.65. The fourth-order valence-corrected chi connectivity index (χ4v) is 1.65. The molecule has 2 aromatic carbocycles. The first-order valence-corrected chi connectivity index (χ1v) is 6.54. The molecular weight excluding hydrogens is 303 g/mol. The van der Waals surface area contributed by atoms with E-state index >= 15 is 0 Å². The molecule has 0 saturated heterocycles. The highest BCUT2D eigenvalue weighted by molar-refractivity contribution is 5.91. The van der Waals surface area contributed by atoms with Gasteiger partial charge in [0.15, 0.2) is 0 Å². The maximum Gasteiger partial charge on any atom is 0.427 e. The Balaban J connectivity index is 2.07. The maximum absolute atomic E-state index is 13.5. The Kier molecular flexibility index (Phi) is 5.40. The summed E-state index contributed by atoms with van der Waals surface area (Å²) in [6, 6.07) is 11.9. The van der Waals surface area contributed by atoms with Crippen molar-refractivity contribution in [3.05, 3.63) is 65.5 Å². The molecule has 0 unspecified atom stereocenters. The van der Waals surface area contributed by atoms with Gasteiger partial charge >= 0.3 is 12.1 Å². The molecule has 0 aromatic heterocycles. The van der Waals surface area contributed by atoms with E-state index in [1.54, 1.807) is 24.3 Å². The number of esters is 1. The molecule has 2 aromatic rings. The molecule has 1 N–H and O–H groups in total. The van der Waals surface area contributed by atoms with Crippen molar-refractivity contribution >= 4 is 18.3 Å².